The number of aromatic amines is 1. The molecule has 0 fully saturated rings. The molecule has 0 amide bonds. The van der Waals surface area contributed by atoms with Crippen LogP contribution in [0.1, 0.15) is 11.5 Å². The fraction of sp³-hybridized carbons (Fsp3) is 0.500. The highest BCUT2D eigenvalue weighted by Crippen LogP contribution is 2.09. The Morgan fingerprint density at radius 1 is 1.71 bits per heavy atom. The van der Waals surface area contributed by atoms with Crippen LogP contribution in [0.3, 0.4) is 0 Å². The number of amidine groups is 1. The van der Waals surface area contributed by atoms with E-state index in [1.54, 1.807) is 11.8 Å². The van der Waals surface area contributed by atoms with E-state index in [4.69, 9.17) is 5.26 Å². The van der Waals surface area contributed by atoms with E-state index in [-0.39, 0.29) is 0 Å². The number of aryl methyl sites for hydroxylation is 1. The molecule has 1 aromatic rings. The number of aromatic nitrogens is 2. The molecule has 0 saturated carbocycles. The average Bonchev–Trinajstić information content (AvgIpc) is 2.73. The largest absolute Gasteiger partial charge is 0.345 e. The zero-order valence-electron chi connectivity index (χ0n) is 9.86. The lowest BCUT2D eigenvalue weighted by molar-refractivity contribution is 1.09. The first-order valence-corrected chi connectivity index (χ1v) is 7.46. The number of nitriles is 1. The highest BCUT2D eigenvalue weighted by atomic mass is 32.2. The third kappa shape index (κ3) is 5.65. The Balaban J connectivity index is 2.18. The summed E-state index contributed by atoms with van der Waals surface area (Å²) in [4.78, 5) is 11.7. The Morgan fingerprint density at radius 3 is 3.12 bits per heavy atom. The number of thioether (sulfide) groups is 2. The van der Waals surface area contributed by atoms with Crippen LogP contribution in [0.4, 0.5) is 0 Å². The highest BCUT2D eigenvalue weighted by molar-refractivity contribution is 8.13. The van der Waals surface area contributed by atoms with Crippen LogP contribution in [-0.4, -0.2) is 33.7 Å². The van der Waals surface area contributed by atoms with Crippen molar-refractivity contribution in [2.24, 2.45) is 4.99 Å². The Hall–Kier alpha value is -1.13. The summed E-state index contributed by atoms with van der Waals surface area (Å²) in [5, 5.41) is 11.7. The monoisotopic (exact) mass is 269 g/mol. The second kappa shape index (κ2) is 8.03. The molecule has 0 spiro atoms. The summed E-state index contributed by atoms with van der Waals surface area (Å²) in [5.41, 5.74) is 1.08. The van der Waals surface area contributed by atoms with Crippen molar-refractivity contribution in [1.82, 2.24) is 15.3 Å². The van der Waals surface area contributed by atoms with E-state index in [0.717, 1.165) is 23.0 Å². The fourth-order valence-corrected chi connectivity index (χ4v) is 2.20. The van der Waals surface area contributed by atoms with Crippen LogP contribution in [0.15, 0.2) is 11.2 Å². The molecule has 0 bridgehead atoms. The maximum Gasteiger partial charge on any atom is 0.183 e. The predicted octanol–water partition coefficient (Wildman–Crippen LogP) is 1.74. The van der Waals surface area contributed by atoms with Crippen molar-refractivity contribution in [3.63, 3.8) is 0 Å². The molecule has 1 aromatic heterocycles. The van der Waals surface area contributed by atoms with E-state index in [1.165, 1.54) is 11.8 Å². The molecule has 92 valence electrons. The average molecular weight is 269 g/mol. The molecule has 0 aliphatic heterocycles. The number of hydrogen-bond donors (Lipinski definition) is 2. The molecule has 0 radical (unpaired) electrons. The van der Waals surface area contributed by atoms with Gasteiger partial charge in [0.25, 0.3) is 0 Å². The molecule has 0 aromatic carbocycles. The topological polar surface area (TPSA) is 76.9 Å². The molecular formula is C10H15N5S2. The molecule has 0 atom stereocenters. The van der Waals surface area contributed by atoms with Crippen LogP contribution in [-0.2, 0) is 5.75 Å². The maximum absolute atomic E-state index is 8.45. The molecule has 5 nitrogen and oxygen atoms in total. The van der Waals surface area contributed by atoms with Gasteiger partial charge >= 0.3 is 0 Å². The highest BCUT2D eigenvalue weighted by Gasteiger charge is 1.98. The van der Waals surface area contributed by atoms with Gasteiger partial charge in [-0.15, -0.1) is 0 Å². The lowest BCUT2D eigenvalue weighted by Gasteiger charge is -1.99. The summed E-state index contributed by atoms with van der Waals surface area (Å²) in [6, 6.07) is 0. The molecule has 0 unspecified atom stereocenters. The molecule has 1 heterocycles. The van der Waals surface area contributed by atoms with Crippen LogP contribution < -0.4 is 5.32 Å². The first-order valence-electron chi connectivity index (χ1n) is 5.08. The van der Waals surface area contributed by atoms with Crippen molar-refractivity contribution in [2.45, 2.75) is 12.7 Å². The number of H-pyrrole nitrogens is 1. The molecule has 0 aliphatic carbocycles. The van der Waals surface area contributed by atoms with Crippen LogP contribution >= 0.6 is 23.5 Å². The van der Waals surface area contributed by atoms with Crippen LogP contribution in [0.25, 0.3) is 0 Å². The summed E-state index contributed by atoms with van der Waals surface area (Å²) in [6.07, 6.45) is 5.59. The van der Waals surface area contributed by atoms with Gasteiger partial charge in [-0.2, -0.15) is 17.0 Å². The minimum absolute atomic E-state index is 0.668. The van der Waals surface area contributed by atoms with Crippen LogP contribution in [0.5, 0.6) is 0 Å². The van der Waals surface area contributed by atoms with E-state index < -0.39 is 0 Å². The quantitative estimate of drug-likeness (QED) is 0.280. The Kier molecular flexibility index (Phi) is 6.58. The minimum atomic E-state index is 0.668. The molecule has 0 aliphatic rings. The Labute approximate surface area is 109 Å². The minimum Gasteiger partial charge on any atom is -0.345 e. The van der Waals surface area contributed by atoms with Crippen molar-refractivity contribution in [2.75, 3.05) is 18.6 Å². The van der Waals surface area contributed by atoms with Gasteiger partial charge in [-0.1, -0.05) is 11.8 Å². The summed E-state index contributed by atoms with van der Waals surface area (Å²) in [5.74, 6) is 2.78. The fourth-order valence-electron chi connectivity index (χ4n) is 1.12. The van der Waals surface area contributed by atoms with Crippen molar-refractivity contribution >= 4 is 28.7 Å². The third-order valence-electron chi connectivity index (χ3n) is 1.84. The van der Waals surface area contributed by atoms with Gasteiger partial charge in [0.05, 0.1) is 12.3 Å². The first-order chi connectivity index (χ1) is 8.26. The van der Waals surface area contributed by atoms with Gasteiger partial charge in [-0.3, -0.25) is 10.3 Å². The van der Waals surface area contributed by atoms with Gasteiger partial charge in [0, 0.05) is 17.6 Å². The molecule has 1 rings (SSSR count). The second-order valence-electron chi connectivity index (χ2n) is 3.19. The molecule has 17 heavy (non-hydrogen) atoms. The summed E-state index contributed by atoms with van der Waals surface area (Å²) >= 11 is 3.21. The number of rotatable bonds is 5. The number of hydrogen-bond acceptors (Lipinski definition) is 5. The van der Waals surface area contributed by atoms with Gasteiger partial charge < -0.3 is 4.98 Å². The number of nitrogens with one attached hydrogen (secondary N) is 2. The second-order valence-corrected chi connectivity index (χ2v) is 5.09. The van der Waals surface area contributed by atoms with E-state index in [2.05, 4.69) is 20.3 Å². The third-order valence-corrected chi connectivity index (χ3v) is 3.41. The lowest BCUT2D eigenvalue weighted by atomic mass is 10.6. The predicted molar refractivity (Wildman–Crippen MR) is 74.1 cm³/mol. The summed E-state index contributed by atoms with van der Waals surface area (Å²) in [6.45, 7) is 2.69. The van der Waals surface area contributed by atoms with Crippen LogP contribution in [0.2, 0.25) is 0 Å². The van der Waals surface area contributed by atoms with E-state index >= 15 is 0 Å². The summed E-state index contributed by atoms with van der Waals surface area (Å²) in [7, 11) is 0. The van der Waals surface area contributed by atoms with Gasteiger partial charge in [0.1, 0.15) is 5.82 Å². The molecule has 2 N–H and O–H groups in total. The van der Waals surface area contributed by atoms with Gasteiger partial charge in [0.2, 0.25) is 0 Å². The molecule has 7 heteroatoms. The van der Waals surface area contributed by atoms with Gasteiger partial charge in [-0.25, -0.2) is 4.98 Å². The normalized spacial score (nSPS) is 11.2. The van der Waals surface area contributed by atoms with E-state index in [1.807, 2.05) is 25.6 Å². The lowest BCUT2D eigenvalue weighted by Crippen LogP contribution is -2.13. The van der Waals surface area contributed by atoms with E-state index in [9.17, 15) is 0 Å². The smallest absolute Gasteiger partial charge is 0.183 e. The van der Waals surface area contributed by atoms with Crippen LogP contribution in [0, 0.1) is 18.4 Å². The van der Waals surface area contributed by atoms with E-state index in [0.29, 0.717) is 11.7 Å². The maximum atomic E-state index is 8.45. The van der Waals surface area contributed by atoms with Gasteiger partial charge in [-0.05, 0) is 13.2 Å². The number of imidazole rings is 1. The zero-order chi connectivity index (χ0) is 12.5. The zero-order valence-corrected chi connectivity index (χ0v) is 11.5. The van der Waals surface area contributed by atoms with Crippen molar-refractivity contribution < 1.29 is 0 Å². The molecular weight excluding hydrogens is 254 g/mol. The van der Waals surface area contributed by atoms with Crippen molar-refractivity contribution in [3.05, 3.63) is 17.7 Å². The number of aliphatic imine (C=N–C) groups is 1. The Bertz CT molecular complexity index is 407. The Morgan fingerprint density at radius 2 is 2.53 bits per heavy atom. The molecule has 0 saturated heterocycles. The number of nitrogens with zero attached hydrogens (tertiary/aromatic N) is 3. The standard InChI is InChI=1S/C10H15N5S2/c1-8-5-13-9(15-8)6-17-4-3-12-10(16-2)14-7-11/h5H,3-4,6H2,1-2H3,(H,12,14)(H,13,15). The first kappa shape index (κ1) is 13.9. The summed E-state index contributed by atoms with van der Waals surface area (Å²) < 4.78 is 0. The van der Waals surface area contributed by atoms with Crippen molar-refractivity contribution in [3.8, 4) is 6.19 Å². The van der Waals surface area contributed by atoms with Crippen molar-refractivity contribution in [1.29, 1.82) is 5.26 Å². The van der Waals surface area contributed by atoms with Gasteiger partial charge in [0.15, 0.2) is 11.4 Å². The SMILES string of the molecule is CSC(=NCCSCc1ncc(C)[nH]1)NC#N.